The zero-order valence-electron chi connectivity index (χ0n) is 16.9. The largest absolute Gasteiger partial charge is 0.487 e. The summed E-state index contributed by atoms with van der Waals surface area (Å²) in [5.74, 6) is 1.57. The fourth-order valence-corrected chi connectivity index (χ4v) is 3.27. The van der Waals surface area contributed by atoms with Gasteiger partial charge in [0.2, 0.25) is 0 Å². The fourth-order valence-electron chi connectivity index (χ4n) is 3.09. The Bertz CT molecular complexity index is 577. The lowest BCUT2D eigenvalue weighted by Gasteiger charge is -2.35. The van der Waals surface area contributed by atoms with Crippen LogP contribution >= 0.6 is 35.6 Å². The maximum Gasteiger partial charge on any atom is 0.191 e. The van der Waals surface area contributed by atoms with E-state index in [-0.39, 0.29) is 30.1 Å². The molecule has 1 aliphatic rings. The average molecular weight is 509 g/mol. The van der Waals surface area contributed by atoms with Crippen LogP contribution in [-0.4, -0.2) is 55.2 Å². The number of para-hydroxylation sites is 1. The minimum atomic E-state index is -0.0480. The predicted octanol–water partition coefficient (Wildman–Crippen LogP) is 4.15. The second-order valence-electron chi connectivity index (χ2n) is 7.13. The lowest BCUT2D eigenvalue weighted by molar-refractivity contribution is 0.167. The van der Waals surface area contributed by atoms with Gasteiger partial charge in [0, 0.05) is 31.7 Å². The van der Waals surface area contributed by atoms with Gasteiger partial charge in [-0.3, -0.25) is 0 Å². The van der Waals surface area contributed by atoms with Crippen LogP contribution in [0.5, 0.6) is 5.75 Å². The SMILES string of the molecule is CCNC(=NCC(C)Oc1ccccc1Cl)NC1CCN(C(C)C)CC1.I. The number of benzene rings is 1. The van der Waals surface area contributed by atoms with Crippen molar-refractivity contribution in [3.05, 3.63) is 29.3 Å². The number of rotatable bonds is 7. The smallest absolute Gasteiger partial charge is 0.191 e. The van der Waals surface area contributed by atoms with E-state index in [9.17, 15) is 0 Å². The van der Waals surface area contributed by atoms with Gasteiger partial charge >= 0.3 is 0 Å². The quantitative estimate of drug-likeness (QED) is 0.330. The van der Waals surface area contributed by atoms with Gasteiger partial charge < -0.3 is 20.3 Å². The van der Waals surface area contributed by atoms with Gasteiger partial charge in [0.1, 0.15) is 11.9 Å². The molecule has 1 aromatic rings. The molecule has 1 unspecified atom stereocenters. The first-order chi connectivity index (χ1) is 12.5. The molecule has 1 fully saturated rings. The Morgan fingerprint density at radius 1 is 1.26 bits per heavy atom. The van der Waals surface area contributed by atoms with E-state index < -0.39 is 0 Å². The molecular weight excluding hydrogens is 475 g/mol. The fraction of sp³-hybridized carbons (Fsp3) is 0.650. The number of hydrogen-bond acceptors (Lipinski definition) is 3. The molecule has 0 bridgehead atoms. The van der Waals surface area contributed by atoms with Crippen LogP contribution in [0.1, 0.15) is 40.5 Å². The summed E-state index contributed by atoms with van der Waals surface area (Å²) in [5.41, 5.74) is 0. The molecule has 154 valence electrons. The zero-order valence-corrected chi connectivity index (χ0v) is 20.0. The van der Waals surface area contributed by atoms with Gasteiger partial charge in [0.15, 0.2) is 5.96 Å². The molecule has 2 rings (SSSR count). The van der Waals surface area contributed by atoms with Gasteiger partial charge in [-0.25, -0.2) is 4.99 Å². The topological polar surface area (TPSA) is 48.9 Å². The molecule has 2 N–H and O–H groups in total. The van der Waals surface area contributed by atoms with Crippen molar-refractivity contribution in [1.29, 1.82) is 0 Å². The molecule has 0 saturated carbocycles. The number of hydrogen-bond donors (Lipinski definition) is 2. The van der Waals surface area contributed by atoms with Crippen molar-refractivity contribution < 1.29 is 4.74 Å². The van der Waals surface area contributed by atoms with Crippen molar-refractivity contribution >= 4 is 41.5 Å². The Balaban J connectivity index is 0.00000364. The zero-order chi connectivity index (χ0) is 18.9. The molecule has 0 amide bonds. The second kappa shape index (κ2) is 12.7. The highest BCUT2D eigenvalue weighted by atomic mass is 127. The third-order valence-corrected chi connectivity index (χ3v) is 4.93. The summed E-state index contributed by atoms with van der Waals surface area (Å²) in [4.78, 5) is 7.23. The van der Waals surface area contributed by atoms with Crippen LogP contribution in [0.15, 0.2) is 29.3 Å². The third kappa shape index (κ3) is 8.44. The van der Waals surface area contributed by atoms with Crippen LogP contribution in [0.3, 0.4) is 0 Å². The second-order valence-corrected chi connectivity index (χ2v) is 7.53. The Labute approximate surface area is 186 Å². The standard InChI is InChI=1S/C20H33ClN4O.HI/c1-5-22-20(24-17-10-12-25(13-11-17)15(2)3)23-14-16(4)26-19-9-7-6-8-18(19)21;/h6-9,15-17H,5,10-14H2,1-4H3,(H2,22,23,24);1H. The van der Waals surface area contributed by atoms with Crippen LogP contribution < -0.4 is 15.4 Å². The number of nitrogens with one attached hydrogen (secondary N) is 2. The minimum absolute atomic E-state index is 0. The van der Waals surface area contributed by atoms with Crippen LogP contribution in [-0.2, 0) is 0 Å². The van der Waals surface area contributed by atoms with Crippen molar-refractivity contribution in [1.82, 2.24) is 15.5 Å². The lowest BCUT2D eigenvalue weighted by Crippen LogP contribution is -2.50. The summed E-state index contributed by atoms with van der Waals surface area (Å²) in [6, 6.07) is 8.64. The van der Waals surface area contributed by atoms with Crippen molar-refractivity contribution in [3.8, 4) is 5.75 Å². The Kier molecular flexibility index (Phi) is 11.4. The number of nitrogens with zero attached hydrogens (tertiary/aromatic N) is 2. The van der Waals surface area contributed by atoms with E-state index >= 15 is 0 Å². The summed E-state index contributed by atoms with van der Waals surface area (Å²) in [6.45, 7) is 12.3. The molecule has 0 aromatic heterocycles. The number of likely N-dealkylation sites (tertiary alicyclic amines) is 1. The van der Waals surface area contributed by atoms with Crippen LogP contribution in [0.2, 0.25) is 5.02 Å². The number of piperidine rings is 1. The Hall–Kier alpha value is -0.730. The van der Waals surface area contributed by atoms with Crippen LogP contribution in [0, 0.1) is 0 Å². The normalized spacial score (nSPS) is 17.3. The van der Waals surface area contributed by atoms with Crippen LogP contribution in [0.4, 0.5) is 0 Å². The van der Waals surface area contributed by atoms with E-state index in [1.54, 1.807) is 0 Å². The average Bonchev–Trinajstić information content (AvgIpc) is 2.62. The van der Waals surface area contributed by atoms with E-state index in [0.29, 0.717) is 29.4 Å². The molecule has 1 atom stereocenters. The Morgan fingerprint density at radius 3 is 2.52 bits per heavy atom. The van der Waals surface area contributed by atoms with E-state index in [0.717, 1.165) is 38.4 Å². The van der Waals surface area contributed by atoms with Gasteiger partial charge in [-0.1, -0.05) is 23.7 Å². The molecule has 1 aromatic carbocycles. The summed E-state index contributed by atoms with van der Waals surface area (Å²) in [6.07, 6.45) is 2.25. The van der Waals surface area contributed by atoms with E-state index in [2.05, 4.69) is 36.3 Å². The molecular formula is C20H34ClIN4O. The molecule has 1 aliphatic heterocycles. The third-order valence-electron chi connectivity index (χ3n) is 4.62. The van der Waals surface area contributed by atoms with Gasteiger partial charge in [-0.15, -0.1) is 24.0 Å². The monoisotopic (exact) mass is 508 g/mol. The molecule has 0 aliphatic carbocycles. The van der Waals surface area contributed by atoms with Gasteiger partial charge in [0.05, 0.1) is 11.6 Å². The molecule has 27 heavy (non-hydrogen) atoms. The van der Waals surface area contributed by atoms with Crippen molar-refractivity contribution in [3.63, 3.8) is 0 Å². The maximum absolute atomic E-state index is 6.15. The van der Waals surface area contributed by atoms with Crippen molar-refractivity contribution in [2.24, 2.45) is 4.99 Å². The highest BCUT2D eigenvalue weighted by Gasteiger charge is 2.21. The molecule has 1 heterocycles. The highest BCUT2D eigenvalue weighted by Crippen LogP contribution is 2.24. The minimum Gasteiger partial charge on any atom is -0.487 e. The summed E-state index contributed by atoms with van der Waals surface area (Å²) < 4.78 is 5.90. The first kappa shape index (κ1) is 24.3. The van der Waals surface area contributed by atoms with E-state index in [4.69, 9.17) is 21.3 Å². The highest BCUT2D eigenvalue weighted by molar-refractivity contribution is 14.0. The van der Waals surface area contributed by atoms with Crippen molar-refractivity contribution in [2.45, 2.75) is 58.7 Å². The molecule has 0 radical (unpaired) electrons. The van der Waals surface area contributed by atoms with Crippen molar-refractivity contribution in [2.75, 3.05) is 26.2 Å². The first-order valence-corrected chi connectivity index (χ1v) is 10.1. The molecule has 5 nitrogen and oxygen atoms in total. The van der Waals surface area contributed by atoms with E-state index in [1.807, 2.05) is 31.2 Å². The van der Waals surface area contributed by atoms with Gasteiger partial charge in [-0.2, -0.15) is 0 Å². The molecule has 0 spiro atoms. The number of aliphatic imine (C=N–C) groups is 1. The summed E-state index contributed by atoms with van der Waals surface area (Å²) >= 11 is 6.15. The van der Waals surface area contributed by atoms with Crippen LogP contribution in [0.25, 0.3) is 0 Å². The van der Waals surface area contributed by atoms with Gasteiger partial charge in [-0.05, 0) is 52.7 Å². The summed E-state index contributed by atoms with van der Waals surface area (Å²) in [5, 5.41) is 7.55. The Morgan fingerprint density at radius 2 is 1.93 bits per heavy atom. The van der Waals surface area contributed by atoms with Gasteiger partial charge in [0.25, 0.3) is 0 Å². The number of guanidine groups is 1. The van der Waals surface area contributed by atoms with E-state index in [1.165, 1.54) is 0 Å². The number of ether oxygens (including phenoxy) is 1. The predicted molar refractivity (Wildman–Crippen MR) is 126 cm³/mol. The lowest BCUT2D eigenvalue weighted by atomic mass is 10.0. The first-order valence-electron chi connectivity index (χ1n) is 9.69. The molecule has 7 heteroatoms. The number of halogens is 2. The summed E-state index contributed by atoms with van der Waals surface area (Å²) in [7, 11) is 0. The molecule has 1 saturated heterocycles. The maximum atomic E-state index is 6.15.